The van der Waals surface area contributed by atoms with Crippen LogP contribution < -0.4 is 5.56 Å². The number of thioether (sulfide) groups is 1. The van der Waals surface area contributed by atoms with Crippen LogP contribution in [0.15, 0.2) is 76.7 Å². The largest absolute Gasteiger partial charge is 0.341 e. The molecule has 0 N–H and O–H groups in total. The molecule has 0 fully saturated rings. The van der Waals surface area contributed by atoms with Gasteiger partial charge in [0.15, 0.2) is 5.16 Å². The standard InChI is InChI=1S/C27H24FN5O2S/c1-17-8-13-22(18(2)14-17)32-25(35)21-6-4-5-7-23(21)33-26(32)29-30-27(33)36-16-24(34)31(3)15-19-9-11-20(28)12-10-19/h4-14H,15-16H2,1-3H3. The lowest BCUT2D eigenvalue weighted by Gasteiger charge is -2.17. The molecule has 0 saturated heterocycles. The van der Waals surface area contributed by atoms with Gasteiger partial charge in [0.1, 0.15) is 5.82 Å². The molecular formula is C27H24FN5O2S. The number of hydrogen-bond acceptors (Lipinski definition) is 5. The second-order valence-electron chi connectivity index (χ2n) is 8.73. The smallest absolute Gasteiger partial charge is 0.267 e. The second-order valence-corrected chi connectivity index (χ2v) is 9.67. The van der Waals surface area contributed by atoms with Crippen LogP contribution in [0.25, 0.3) is 22.4 Å². The molecule has 0 bridgehead atoms. The maximum Gasteiger partial charge on any atom is 0.267 e. The van der Waals surface area contributed by atoms with E-state index >= 15 is 0 Å². The van der Waals surface area contributed by atoms with Gasteiger partial charge in [0.05, 0.1) is 22.3 Å². The Kier molecular flexibility index (Phi) is 6.32. The number of rotatable bonds is 6. The number of benzene rings is 3. The molecule has 0 spiro atoms. The molecule has 7 nitrogen and oxygen atoms in total. The molecule has 0 unspecified atom stereocenters. The maximum absolute atomic E-state index is 13.5. The lowest BCUT2D eigenvalue weighted by atomic mass is 10.1. The summed E-state index contributed by atoms with van der Waals surface area (Å²) >= 11 is 1.26. The van der Waals surface area contributed by atoms with Gasteiger partial charge in [-0.3, -0.25) is 14.0 Å². The molecule has 0 saturated carbocycles. The molecule has 36 heavy (non-hydrogen) atoms. The van der Waals surface area contributed by atoms with Crippen molar-refractivity contribution in [2.75, 3.05) is 12.8 Å². The molecule has 182 valence electrons. The van der Waals surface area contributed by atoms with Crippen molar-refractivity contribution in [3.63, 3.8) is 0 Å². The number of fused-ring (bicyclic) bond motifs is 3. The Morgan fingerprint density at radius 1 is 1.03 bits per heavy atom. The van der Waals surface area contributed by atoms with E-state index in [1.807, 2.05) is 54.6 Å². The zero-order valence-corrected chi connectivity index (χ0v) is 20.9. The van der Waals surface area contributed by atoms with Crippen LogP contribution >= 0.6 is 11.8 Å². The molecular weight excluding hydrogens is 477 g/mol. The Morgan fingerprint density at radius 3 is 2.53 bits per heavy atom. The lowest BCUT2D eigenvalue weighted by molar-refractivity contribution is -0.127. The maximum atomic E-state index is 13.5. The lowest BCUT2D eigenvalue weighted by Crippen LogP contribution is -2.28. The van der Waals surface area contributed by atoms with Gasteiger partial charge in [0, 0.05) is 13.6 Å². The number of aromatic nitrogens is 4. The van der Waals surface area contributed by atoms with Gasteiger partial charge in [0.2, 0.25) is 11.7 Å². The summed E-state index contributed by atoms with van der Waals surface area (Å²) in [5, 5.41) is 9.76. The van der Waals surface area contributed by atoms with Gasteiger partial charge in [-0.1, -0.05) is 53.7 Å². The Morgan fingerprint density at radius 2 is 1.78 bits per heavy atom. The van der Waals surface area contributed by atoms with E-state index in [0.29, 0.717) is 28.4 Å². The molecule has 2 aromatic heterocycles. The summed E-state index contributed by atoms with van der Waals surface area (Å²) in [6.45, 7) is 4.34. The highest BCUT2D eigenvalue weighted by molar-refractivity contribution is 7.99. The van der Waals surface area contributed by atoms with Gasteiger partial charge in [0.25, 0.3) is 5.56 Å². The number of carbonyl (C=O) groups is 1. The van der Waals surface area contributed by atoms with Crippen LogP contribution in [0.2, 0.25) is 0 Å². The van der Waals surface area contributed by atoms with E-state index in [4.69, 9.17) is 0 Å². The van der Waals surface area contributed by atoms with E-state index in [-0.39, 0.29) is 23.0 Å². The summed E-state index contributed by atoms with van der Waals surface area (Å²) in [6, 6.07) is 19.3. The van der Waals surface area contributed by atoms with Crippen molar-refractivity contribution in [1.82, 2.24) is 24.1 Å². The first kappa shape index (κ1) is 23.7. The fourth-order valence-electron chi connectivity index (χ4n) is 4.23. The molecule has 0 aliphatic rings. The summed E-state index contributed by atoms with van der Waals surface area (Å²) in [5.41, 5.74) is 4.13. The first-order chi connectivity index (χ1) is 17.3. The van der Waals surface area contributed by atoms with Gasteiger partial charge in [-0.25, -0.2) is 8.96 Å². The first-order valence-electron chi connectivity index (χ1n) is 11.4. The number of amides is 1. The third-order valence-electron chi connectivity index (χ3n) is 6.07. The van der Waals surface area contributed by atoms with Crippen molar-refractivity contribution in [2.24, 2.45) is 0 Å². The predicted molar refractivity (Wildman–Crippen MR) is 139 cm³/mol. The second kappa shape index (κ2) is 9.58. The summed E-state index contributed by atoms with van der Waals surface area (Å²) in [7, 11) is 1.71. The first-order valence-corrected chi connectivity index (χ1v) is 12.4. The Labute approximate surface area is 211 Å². The molecule has 5 rings (SSSR count). The van der Waals surface area contributed by atoms with Crippen molar-refractivity contribution < 1.29 is 9.18 Å². The third-order valence-corrected chi connectivity index (χ3v) is 6.99. The summed E-state index contributed by atoms with van der Waals surface area (Å²) in [6.07, 6.45) is 0. The minimum atomic E-state index is -0.312. The molecule has 0 radical (unpaired) electrons. The van der Waals surface area contributed by atoms with Crippen LogP contribution in [-0.2, 0) is 11.3 Å². The van der Waals surface area contributed by atoms with Gasteiger partial charge >= 0.3 is 0 Å². The van der Waals surface area contributed by atoms with Crippen molar-refractivity contribution >= 4 is 34.3 Å². The van der Waals surface area contributed by atoms with Crippen molar-refractivity contribution in [1.29, 1.82) is 0 Å². The quantitative estimate of drug-likeness (QED) is 0.320. The minimum absolute atomic E-state index is 0.104. The van der Waals surface area contributed by atoms with Crippen molar-refractivity contribution in [3.05, 3.63) is 99.6 Å². The number of aryl methyl sites for hydroxylation is 2. The van der Waals surface area contributed by atoms with Crippen molar-refractivity contribution in [3.8, 4) is 5.69 Å². The van der Waals surface area contributed by atoms with Gasteiger partial charge in [-0.05, 0) is 55.3 Å². The van der Waals surface area contributed by atoms with E-state index < -0.39 is 0 Å². The number of halogens is 1. The van der Waals surface area contributed by atoms with Crippen LogP contribution in [0.4, 0.5) is 4.39 Å². The third kappa shape index (κ3) is 4.37. The molecule has 5 aromatic rings. The Bertz CT molecular complexity index is 1660. The summed E-state index contributed by atoms with van der Waals surface area (Å²) in [5.74, 6) is 0.108. The number of nitrogens with zero attached hydrogens (tertiary/aromatic N) is 5. The molecule has 2 heterocycles. The summed E-state index contributed by atoms with van der Waals surface area (Å²) in [4.78, 5) is 28.0. The summed E-state index contributed by atoms with van der Waals surface area (Å²) < 4.78 is 16.6. The Hall–Kier alpha value is -3.98. The molecule has 0 atom stereocenters. The van der Waals surface area contributed by atoms with E-state index in [1.165, 1.54) is 23.9 Å². The number of carbonyl (C=O) groups excluding carboxylic acids is 1. The van der Waals surface area contributed by atoms with Gasteiger partial charge in [-0.2, -0.15) is 0 Å². The van der Waals surface area contributed by atoms with Crippen LogP contribution in [0.5, 0.6) is 0 Å². The number of hydrogen-bond donors (Lipinski definition) is 0. The van der Waals surface area contributed by atoms with E-state index in [0.717, 1.165) is 22.4 Å². The van der Waals surface area contributed by atoms with Crippen LogP contribution in [-0.4, -0.2) is 42.8 Å². The zero-order valence-electron chi connectivity index (χ0n) is 20.1. The zero-order chi connectivity index (χ0) is 25.4. The highest BCUT2D eigenvalue weighted by atomic mass is 32.2. The average Bonchev–Trinajstić information content (AvgIpc) is 3.29. The minimum Gasteiger partial charge on any atom is -0.341 e. The average molecular weight is 502 g/mol. The fourth-order valence-corrected chi connectivity index (χ4v) is 5.11. The van der Waals surface area contributed by atoms with Gasteiger partial charge < -0.3 is 4.90 Å². The monoisotopic (exact) mass is 501 g/mol. The van der Waals surface area contributed by atoms with Crippen molar-refractivity contribution in [2.45, 2.75) is 25.5 Å². The highest BCUT2D eigenvalue weighted by Gasteiger charge is 2.20. The topological polar surface area (TPSA) is 72.5 Å². The molecule has 0 aliphatic carbocycles. The van der Waals surface area contributed by atoms with E-state index in [9.17, 15) is 14.0 Å². The van der Waals surface area contributed by atoms with E-state index in [1.54, 1.807) is 34.7 Å². The number of para-hydroxylation sites is 1. The van der Waals surface area contributed by atoms with Crippen LogP contribution in [0.3, 0.4) is 0 Å². The molecule has 1 amide bonds. The highest BCUT2D eigenvalue weighted by Crippen LogP contribution is 2.25. The predicted octanol–water partition coefficient (Wildman–Crippen LogP) is 4.54. The van der Waals surface area contributed by atoms with Crippen LogP contribution in [0.1, 0.15) is 16.7 Å². The van der Waals surface area contributed by atoms with Gasteiger partial charge in [-0.15, -0.1) is 10.2 Å². The molecule has 9 heteroatoms. The van der Waals surface area contributed by atoms with Crippen LogP contribution in [0, 0.1) is 19.7 Å². The normalized spacial score (nSPS) is 11.3. The van der Waals surface area contributed by atoms with E-state index in [2.05, 4.69) is 10.2 Å². The molecule has 3 aromatic carbocycles. The SMILES string of the molecule is Cc1ccc(-n2c(=O)c3ccccc3n3c(SCC(=O)N(C)Cc4ccc(F)cc4)nnc23)c(C)c1. The molecule has 0 aliphatic heterocycles. The fraction of sp³-hybridized carbons (Fsp3) is 0.185. The Balaban J connectivity index is 1.51.